The molecule has 0 aliphatic carbocycles. The van der Waals surface area contributed by atoms with E-state index < -0.39 is 11.2 Å². The summed E-state index contributed by atoms with van der Waals surface area (Å²) in [4.78, 5) is 31.4. The molecule has 0 fully saturated rings. The molecule has 0 amide bonds. The van der Waals surface area contributed by atoms with Crippen LogP contribution in [0.2, 0.25) is 0 Å². The van der Waals surface area contributed by atoms with Crippen LogP contribution in [0.25, 0.3) is 32.9 Å². The molecule has 0 aliphatic rings. The lowest BCUT2D eigenvalue weighted by atomic mass is 10.00. The van der Waals surface area contributed by atoms with Crippen LogP contribution in [0, 0.1) is 0 Å². The Kier molecular flexibility index (Phi) is 3.50. The van der Waals surface area contributed by atoms with E-state index in [1.54, 1.807) is 6.20 Å². The van der Waals surface area contributed by atoms with Crippen molar-refractivity contribution >= 4 is 21.8 Å². The summed E-state index contributed by atoms with van der Waals surface area (Å²) in [6, 6.07) is 15.8. The zero-order valence-corrected chi connectivity index (χ0v) is 14.0. The predicted molar refractivity (Wildman–Crippen MR) is 100.0 cm³/mol. The van der Waals surface area contributed by atoms with E-state index in [2.05, 4.69) is 9.97 Å². The summed E-state index contributed by atoms with van der Waals surface area (Å²) in [5.74, 6) is 0. The zero-order valence-electron chi connectivity index (χ0n) is 14.0. The molecule has 2 aromatic carbocycles. The number of aromatic amines is 1. The maximum absolute atomic E-state index is 12.5. The summed E-state index contributed by atoms with van der Waals surface area (Å²) in [6.45, 7) is 3.78. The van der Waals surface area contributed by atoms with Crippen molar-refractivity contribution < 1.29 is 0 Å². The standard InChI is InChI=1S/C20H17N3O2/c1-12(2)23-18-17(19(24)22-20(23)25)16(9-10-21-18)15-8-7-13-5-3-4-6-14(13)11-15/h3-12H,1-2H3,(H,22,24,25). The number of fused-ring (bicyclic) bond motifs is 2. The molecule has 5 heteroatoms. The summed E-state index contributed by atoms with van der Waals surface area (Å²) in [6.07, 6.45) is 1.64. The fourth-order valence-corrected chi connectivity index (χ4v) is 3.25. The van der Waals surface area contributed by atoms with Gasteiger partial charge in [-0.2, -0.15) is 0 Å². The molecule has 0 radical (unpaired) electrons. The molecule has 5 nitrogen and oxygen atoms in total. The average molecular weight is 331 g/mol. The Morgan fingerprint density at radius 1 is 1.00 bits per heavy atom. The van der Waals surface area contributed by atoms with Gasteiger partial charge in [0.1, 0.15) is 5.65 Å². The number of benzene rings is 2. The lowest BCUT2D eigenvalue weighted by Gasteiger charge is -2.14. The van der Waals surface area contributed by atoms with Crippen molar-refractivity contribution in [2.24, 2.45) is 0 Å². The topological polar surface area (TPSA) is 67.8 Å². The van der Waals surface area contributed by atoms with Crippen LogP contribution >= 0.6 is 0 Å². The Labute approximate surface area is 143 Å². The molecule has 2 heterocycles. The maximum Gasteiger partial charge on any atom is 0.330 e. The lowest BCUT2D eigenvalue weighted by molar-refractivity contribution is 0.579. The molecule has 0 spiro atoms. The Balaban J connectivity index is 2.09. The van der Waals surface area contributed by atoms with E-state index in [9.17, 15) is 9.59 Å². The first-order valence-electron chi connectivity index (χ1n) is 8.19. The van der Waals surface area contributed by atoms with Crippen LogP contribution in [0.5, 0.6) is 0 Å². The molecule has 0 bridgehead atoms. The molecule has 2 aromatic heterocycles. The molecule has 4 aromatic rings. The summed E-state index contributed by atoms with van der Waals surface area (Å²) in [5, 5.41) is 2.67. The Morgan fingerprint density at radius 3 is 2.52 bits per heavy atom. The van der Waals surface area contributed by atoms with Crippen LogP contribution in [-0.4, -0.2) is 14.5 Å². The van der Waals surface area contributed by atoms with E-state index >= 15 is 0 Å². The van der Waals surface area contributed by atoms with E-state index in [0.29, 0.717) is 11.0 Å². The Hall–Kier alpha value is -3.21. The highest BCUT2D eigenvalue weighted by Gasteiger charge is 2.15. The number of rotatable bonds is 2. The second-order valence-electron chi connectivity index (χ2n) is 6.34. The predicted octanol–water partition coefficient (Wildman–Crippen LogP) is 3.49. The Bertz CT molecular complexity index is 1220. The number of hydrogen-bond donors (Lipinski definition) is 1. The number of nitrogens with zero attached hydrogens (tertiary/aromatic N) is 2. The van der Waals surface area contributed by atoms with Crippen LogP contribution in [0.3, 0.4) is 0 Å². The first-order valence-corrected chi connectivity index (χ1v) is 8.19. The second kappa shape index (κ2) is 5.70. The summed E-state index contributed by atoms with van der Waals surface area (Å²) < 4.78 is 1.52. The zero-order chi connectivity index (χ0) is 17.6. The van der Waals surface area contributed by atoms with E-state index in [1.165, 1.54) is 4.57 Å². The van der Waals surface area contributed by atoms with Gasteiger partial charge in [-0.1, -0.05) is 36.4 Å². The van der Waals surface area contributed by atoms with Gasteiger partial charge in [0.15, 0.2) is 0 Å². The average Bonchev–Trinajstić information content (AvgIpc) is 2.60. The number of aromatic nitrogens is 3. The summed E-state index contributed by atoms with van der Waals surface area (Å²) >= 11 is 0. The monoisotopic (exact) mass is 331 g/mol. The smallest absolute Gasteiger partial charge is 0.275 e. The molecular formula is C20H17N3O2. The molecular weight excluding hydrogens is 314 g/mol. The van der Waals surface area contributed by atoms with E-state index in [4.69, 9.17) is 0 Å². The van der Waals surface area contributed by atoms with Crippen molar-refractivity contribution in [1.29, 1.82) is 0 Å². The van der Waals surface area contributed by atoms with Gasteiger partial charge in [-0.15, -0.1) is 0 Å². The SMILES string of the molecule is CC(C)n1c(=O)[nH]c(=O)c2c(-c3ccc4ccccc4c3)ccnc21. The van der Waals surface area contributed by atoms with Crippen LogP contribution in [0.15, 0.2) is 64.3 Å². The van der Waals surface area contributed by atoms with Gasteiger partial charge in [-0.25, -0.2) is 9.78 Å². The van der Waals surface area contributed by atoms with Gasteiger partial charge in [-0.3, -0.25) is 14.3 Å². The normalized spacial score (nSPS) is 11.5. The molecule has 0 atom stereocenters. The van der Waals surface area contributed by atoms with E-state index in [0.717, 1.165) is 21.9 Å². The van der Waals surface area contributed by atoms with E-state index in [-0.39, 0.29) is 6.04 Å². The number of nitrogens with one attached hydrogen (secondary N) is 1. The van der Waals surface area contributed by atoms with Gasteiger partial charge in [0, 0.05) is 12.2 Å². The number of H-pyrrole nitrogens is 1. The number of hydrogen-bond acceptors (Lipinski definition) is 3. The first-order chi connectivity index (χ1) is 12.1. The third-order valence-corrected chi connectivity index (χ3v) is 4.40. The van der Waals surface area contributed by atoms with Crippen molar-refractivity contribution in [3.8, 4) is 11.1 Å². The van der Waals surface area contributed by atoms with Crippen LogP contribution in [-0.2, 0) is 0 Å². The summed E-state index contributed by atoms with van der Waals surface area (Å²) in [7, 11) is 0. The second-order valence-corrected chi connectivity index (χ2v) is 6.34. The number of pyridine rings is 1. The molecule has 0 aliphatic heterocycles. The van der Waals surface area contributed by atoms with Crippen molar-refractivity contribution in [2.45, 2.75) is 19.9 Å². The molecule has 0 saturated heterocycles. The Morgan fingerprint density at radius 2 is 1.76 bits per heavy atom. The van der Waals surface area contributed by atoms with Crippen LogP contribution in [0.1, 0.15) is 19.9 Å². The molecule has 0 unspecified atom stereocenters. The van der Waals surface area contributed by atoms with E-state index in [1.807, 2.05) is 62.4 Å². The lowest BCUT2D eigenvalue weighted by Crippen LogP contribution is -2.32. The van der Waals surface area contributed by atoms with Gasteiger partial charge in [-0.05, 0) is 47.9 Å². The minimum absolute atomic E-state index is 0.105. The van der Waals surface area contributed by atoms with Crippen molar-refractivity contribution in [3.63, 3.8) is 0 Å². The largest absolute Gasteiger partial charge is 0.330 e. The fourth-order valence-electron chi connectivity index (χ4n) is 3.25. The molecule has 4 rings (SSSR count). The van der Waals surface area contributed by atoms with Crippen LogP contribution < -0.4 is 11.2 Å². The maximum atomic E-state index is 12.5. The van der Waals surface area contributed by atoms with Crippen LogP contribution in [0.4, 0.5) is 0 Å². The quantitative estimate of drug-likeness (QED) is 0.611. The first kappa shape index (κ1) is 15.3. The molecule has 1 N–H and O–H groups in total. The van der Waals surface area contributed by atoms with Crippen molar-refractivity contribution in [2.75, 3.05) is 0 Å². The van der Waals surface area contributed by atoms with Gasteiger partial charge >= 0.3 is 5.69 Å². The fraction of sp³-hybridized carbons (Fsp3) is 0.150. The molecule has 124 valence electrons. The third-order valence-electron chi connectivity index (χ3n) is 4.40. The highest BCUT2D eigenvalue weighted by molar-refractivity contribution is 5.95. The van der Waals surface area contributed by atoms with Crippen molar-refractivity contribution in [3.05, 3.63) is 75.6 Å². The van der Waals surface area contributed by atoms with Gasteiger partial charge in [0.2, 0.25) is 0 Å². The van der Waals surface area contributed by atoms with Crippen molar-refractivity contribution in [1.82, 2.24) is 14.5 Å². The summed E-state index contributed by atoms with van der Waals surface area (Å²) in [5.41, 5.74) is 1.26. The minimum Gasteiger partial charge on any atom is -0.275 e. The highest BCUT2D eigenvalue weighted by atomic mass is 16.2. The minimum atomic E-state index is -0.435. The molecule has 25 heavy (non-hydrogen) atoms. The molecule has 0 saturated carbocycles. The van der Waals surface area contributed by atoms with Gasteiger partial charge < -0.3 is 0 Å². The van der Waals surface area contributed by atoms with Gasteiger partial charge in [0.05, 0.1) is 5.39 Å². The highest BCUT2D eigenvalue weighted by Crippen LogP contribution is 2.28. The third kappa shape index (κ3) is 2.45. The van der Waals surface area contributed by atoms with Gasteiger partial charge in [0.25, 0.3) is 5.56 Å².